The average Bonchev–Trinajstić information content (AvgIpc) is 2.15. The molecule has 0 bridgehead atoms. The van der Waals surface area contributed by atoms with Crippen molar-refractivity contribution in [2.75, 3.05) is 6.26 Å². The van der Waals surface area contributed by atoms with E-state index in [2.05, 4.69) is 59.5 Å². The number of halogens is 1. The number of benzene rings is 1. The molecule has 0 saturated carbocycles. The molecule has 0 amide bonds. The Labute approximate surface area is 98.8 Å². The van der Waals surface area contributed by atoms with Gasteiger partial charge in [0, 0.05) is 22.0 Å². The Morgan fingerprint density at radius 2 is 2.14 bits per heavy atom. The van der Waals surface area contributed by atoms with Crippen molar-refractivity contribution < 1.29 is 0 Å². The lowest BCUT2D eigenvalue weighted by Crippen LogP contribution is -2.21. The first-order valence-electron chi connectivity index (χ1n) is 4.69. The van der Waals surface area contributed by atoms with Gasteiger partial charge < -0.3 is 5.32 Å². The largest absolute Gasteiger partial charge is 0.310 e. The molecule has 3 heteroatoms. The van der Waals surface area contributed by atoms with Crippen LogP contribution in [0.15, 0.2) is 27.6 Å². The molecule has 0 saturated heterocycles. The highest BCUT2D eigenvalue weighted by molar-refractivity contribution is 9.10. The summed E-state index contributed by atoms with van der Waals surface area (Å²) in [5.41, 5.74) is 1.32. The van der Waals surface area contributed by atoms with Gasteiger partial charge in [0.25, 0.3) is 0 Å². The minimum absolute atomic E-state index is 0.530. The van der Waals surface area contributed by atoms with Gasteiger partial charge in [-0.1, -0.05) is 35.8 Å². The van der Waals surface area contributed by atoms with Crippen LogP contribution >= 0.6 is 27.7 Å². The van der Waals surface area contributed by atoms with E-state index in [0.717, 1.165) is 6.54 Å². The minimum atomic E-state index is 0.530. The molecule has 0 atom stereocenters. The van der Waals surface area contributed by atoms with Crippen LogP contribution in [0.4, 0.5) is 0 Å². The molecule has 0 fully saturated rings. The van der Waals surface area contributed by atoms with Crippen LogP contribution in [0.25, 0.3) is 0 Å². The Kier molecular flexibility index (Phi) is 4.99. The topological polar surface area (TPSA) is 12.0 Å². The van der Waals surface area contributed by atoms with Crippen molar-refractivity contribution in [1.82, 2.24) is 5.32 Å². The van der Waals surface area contributed by atoms with E-state index in [9.17, 15) is 0 Å². The van der Waals surface area contributed by atoms with Crippen molar-refractivity contribution in [1.29, 1.82) is 0 Å². The molecule has 0 aliphatic heterocycles. The summed E-state index contributed by atoms with van der Waals surface area (Å²) in [4.78, 5) is 1.30. The third-order valence-corrected chi connectivity index (χ3v) is 3.42. The van der Waals surface area contributed by atoms with E-state index in [1.165, 1.54) is 14.9 Å². The lowest BCUT2D eigenvalue weighted by Gasteiger charge is -2.10. The summed E-state index contributed by atoms with van der Waals surface area (Å²) in [6.45, 7) is 5.24. The summed E-state index contributed by atoms with van der Waals surface area (Å²) in [5, 5.41) is 3.40. The van der Waals surface area contributed by atoms with Crippen molar-refractivity contribution in [3.8, 4) is 0 Å². The summed E-state index contributed by atoms with van der Waals surface area (Å²) in [6, 6.07) is 7.03. The van der Waals surface area contributed by atoms with Crippen LogP contribution in [0.5, 0.6) is 0 Å². The first kappa shape index (κ1) is 12.1. The van der Waals surface area contributed by atoms with Gasteiger partial charge in [0.15, 0.2) is 0 Å². The first-order valence-corrected chi connectivity index (χ1v) is 6.71. The third kappa shape index (κ3) is 3.64. The molecule has 0 aromatic heterocycles. The molecular weight excluding hydrogens is 258 g/mol. The third-order valence-electron chi connectivity index (χ3n) is 1.96. The molecule has 1 aromatic rings. The number of hydrogen-bond donors (Lipinski definition) is 1. The number of nitrogens with one attached hydrogen (secondary N) is 1. The Hall–Kier alpha value is 0.01000. The number of thioether (sulfide) groups is 1. The van der Waals surface area contributed by atoms with Gasteiger partial charge in [0.05, 0.1) is 0 Å². The molecule has 0 heterocycles. The zero-order valence-electron chi connectivity index (χ0n) is 8.80. The molecule has 14 heavy (non-hydrogen) atoms. The fourth-order valence-electron chi connectivity index (χ4n) is 1.11. The maximum absolute atomic E-state index is 3.58. The molecule has 0 unspecified atom stereocenters. The van der Waals surface area contributed by atoms with Gasteiger partial charge in [-0.2, -0.15) is 0 Å². The summed E-state index contributed by atoms with van der Waals surface area (Å²) < 4.78 is 1.19. The monoisotopic (exact) mass is 273 g/mol. The number of hydrogen-bond acceptors (Lipinski definition) is 2. The lowest BCUT2D eigenvalue weighted by atomic mass is 10.2. The SMILES string of the molecule is CSc1ccc(CNC(C)C)c(Br)c1. The van der Waals surface area contributed by atoms with Crippen molar-refractivity contribution in [2.45, 2.75) is 31.3 Å². The Morgan fingerprint density at radius 3 is 2.64 bits per heavy atom. The Bertz CT molecular complexity index is 299. The smallest absolute Gasteiger partial charge is 0.0231 e. The maximum Gasteiger partial charge on any atom is 0.0231 e. The second kappa shape index (κ2) is 5.79. The van der Waals surface area contributed by atoms with Gasteiger partial charge in [-0.3, -0.25) is 0 Å². The normalized spacial score (nSPS) is 10.9. The summed E-state index contributed by atoms with van der Waals surface area (Å²) in [7, 11) is 0. The molecule has 1 aromatic carbocycles. The minimum Gasteiger partial charge on any atom is -0.310 e. The summed E-state index contributed by atoms with van der Waals surface area (Å²) >= 11 is 5.35. The lowest BCUT2D eigenvalue weighted by molar-refractivity contribution is 0.587. The molecule has 0 aliphatic rings. The summed E-state index contributed by atoms with van der Waals surface area (Å²) in [5.74, 6) is 0. The zero-order valence-corrected chi connectivity index (χ0v) is 11.2. The highest BCUT2D eigenvalue weighted by atomic mass is 79.9. The van der Waals surface area contributed by atoms with E-state index < -0.39 is 0 Å². The quantitative estimate of drug-likeness (QED) is 0.841. The molecule has 0 aliphatic carbocycles. The van der Waals surface area contributed by atoms with Crippen molar-refractivity contribution in [3.63, 3.8) is 0 Å². The van der Waals surface area contributed by atoms with Gasteiger partial charge in [-0.25, -0.2) is 0 Å². The van der Waals surface area contributed by atoms with Gasteiger partial charge in [0.2, 0.25) is 0 Å². The highest BCUT2D eigenvalue weighted by Gasteiger charge is 2.01. The van der Waals surface area contributed by atoms with Gasteiger partial charge >= 0.3 is 0 Å². The Morgan fingerprint density at radius 1 is 1.43 bits per heavy atom. The van der Waals surface area contributed by atoms with Gasteiger partial charge in [-0.05, 0) is 24.0 Å². The van der Waals surface area contributed by atoms with E-state index in [-0.39, 0.29) is 0 Å². The highest BCUT2D eigenvalue weighted by Crippen LogP contribution is 2.23. The predicted octanol–water partition coefficient (Wildman–Crippen LogP) is 3.67. The molecule has 1 N–H and O–H groups in total. The molecular formula is C11H16BrNS. The fourth-order valence-corrected chi connectivity index (χ4v) is 2.22. The predicted molar refractivity (Wildman–Crippen MR) is 67.9 cm³/mol. The van der Waals surface area contributed by atoms with E-state index in [0.29, 0.717) is 6.04 Å². The van der Waals surface area contributed by atoms with Crippen molar-refractivity contribution in [3.05, 3.63) is 28.2 Å². The number of rotatable bonds is 4. The average molecular weight is 274 g/mol. The molecule has 0 radical (unpaired) electrons. The van der Waals surface area contributed by atoms with Crippen LogP contribution in [0.3, 0.4) is 0 Å². The van der Waals surface area contributed by atoms with Gasteiger partial charge in [0.1, 0.15) is 0 Å². The molecule has 0 spiro atoms. The zero-order chi connectivity index (χ0) is 10.6. The van der Waals surface area contributed by atoms with E-state index in [4.69, 9.17) is 0 Å². The van der Waals surface area contributed by atoms with E-state index in [1.807, 2.05) is 0 Å². The van der Waals surface area contributed by atoms with Crippen molar-refractivity contribution in [2.24, 2.45) is 0 Å². The summed E-state index contributed by atoms with van der Waals surface area (Å²) in [6.07, 6.45) is 2.09. The maximum atomic E-state index is 3.58. The van der Waals surface area contributed by atoms with Crippen LogP contribution < -0.4 is 5.32 Å². The van der Waals surface area contributed by atoms with Crippen LogP contribution in [0, 0.1) is 0 Å². The Balaban J connectivity index is 2.69. The van der Waals surface area contributed by atoms with E-state index >= 15 is 0 Å². The second-order valence-corrected chi connectivity index (χ2v) is 5.23. The van der Waals surface area contributed by atoms with Crippen LogP contribution in [0.2, 0.25) is 0 Å². The second-order valence-electron chi connectivity index (χ2n) is 3.49. The molecule has 1 rings (SSSR count). The molecule has 78 valence electrons. The molecule has 1 nitrogen and oxygen atoms in total. The fraction of sp³-hybridized carbons (Fsp3) is 0.455. The van der Waals surface area contributed by atoms with Crippen LogP contribution in [0.1, 0.15) is 19.4 Å². The van der Waals surface area contributed by atoms with E-state index in [1.54, 1.807) is 11.8 Å². The standard InChI is InChI=1S/C11H16BrNS/c1-8(2)13-7-9-4-5-10(14-3)6-11(9)12/h4-6,8,13H,7H2,1-3H3. The van der Waals surface area contributed by atoms with Crippen molar-refractivity contribution >= 4 is 27.7 Å². The van der Waals surface area contributed by atoms with Crippen LogP contribution in [-0.4, -0.2) is 12.3 Å². The van der Waals surface area contributed by atoms with Crippen LogP contribution in [-0.2, 0) is 6.54 Å². The first-order chi connectivity index (χ1) is 6.63. The van der Waals surface area contributed by atoms with Gasteiger partial charge in [-0.15, -0.1) is 11.8 Å².